The lowest BCUT2D eigenvalue weighted by molar-refractivity contribution is -0.190. The molecule has 2 fully saturated rings. The second kappa shape index (κ2) is 15.7. The fourth-order valence-corrected chi connectivity index (χ4v) is 7.34. The molecule has 2 saturated heterocycles. The molecule has 2 N–H and O–H groups in total. The first-order valence-electron chi connectivity index (χ1n) is 17.9. The van der Waals surface area contributed by atoms with Crippen molar-refractivity contribution >= 4 is 19.2 Å². The highest BCUT2D eigenvalue weighted by atomic mass is 31.2. The Balaban J connectivity index is 0.907. The van der Waals surface area contributed by atoms with E-state index in [2.05, 4.69) is 25.0 Å². The van der Waals surface area contributed by atoms with Crippen LogP contribution in [0.15, 0.2) is 96.6 Å². The first-order chi connectivity index (χ1) is 26.2. The van der Waals surface area contributed by atoms with Gasteiger partial charge in [-0.2, -0.15) is 10.2 Å². The van der Waals surface area contributed by atoms with Gasteiger partial charge in [0.15, 0.2) is 0 Å². The van der Waals surface area contributed by atoms with E-state index in [1.165, 1.54) is 29.4 Å². The van der Waals surface area contributed by atoms with E-state index in [1.54, 1.807) is 43.9 Å². The largest absolute Gasteiger partial charge is 0.491 e. The molecule has 2 aliphatic heterocycles. The highest BCUT2D eigenvalue weighted by molar-refractivity contribution is 7.46. The number of ether oxygens (including phenoxy) is 3. The van der Waals surface area contributed by atoms with Crippen LogP contribution in [0.3, 0.4) is 0 Å². The van der Waals surface area contributed by atoms with Crippen molar-refractivity contribution < 1.29 is 37.5 Å². The molecule has 0 bridgehead atoms. The monoisotopic (exact) mass is 778 g/mol. The van der Waals surface area contributed by atoms with Crippen LogP contribution in [0.2, 0.25) is 0 Å². The molecule has 2 aliphatic rings. The van der Waals surface area contributed by atoms with Crippen LogP contribution in [0.4, 0.5) is 15.8 Å². The summed E-state index contributed by atoms with van der Waals surface area (Å²) in [4.78, 5) is 40.5. The molecule has 0 saturated carbocycles. The number of aromatic nitrogens is 6. The zero-order valence-corrected chi connectivity index (χ0v) is 31.6. The van der Waals surface area contributed by atoms with Gasteiger partial charge in [0.1, 0.15) is 49.8 Å². The minimum atomic E-state index is -4.77. The van der Waals surface area contributed by atoms with Crippen LogP contribution < -0.4 is 20.2 Å². The molecule has 0 amide bonds. The number of hydrogen-bond donors (Lipinski definition) is 2. The zero-order valence-electron chi connectivity index (χ0n) is 30.7. The molecule has 18 heteroatoms. The number of rotatable bonds is 13. The van der Waals surface area contributed by atoms with Gasteiger partial charge in [0, 0.05) is 43.1 Å². The van der Waals surface area contributed by atoms with Crippen LogP contribution in [0.5, 0.6) is 5.75 Å². The molecule has 55 heavy (non-hydrogen) atoms. The molecular formula is C37H44FN8O8P. The smallest absolute Gasteiger partial charge is 0.469 e. The second-order valence-electron chi connectivity index (χ2n) is 14.6. The van der Waals surface area contributed by atoms with Gasteiger partial charge in [-0.1, -0.05) is 32.9 Å². The van der Waals surface area contributed by atoms with Crippen molar-refractivity contribution in [3.05, 3.63) is 114 Å². The van der Waals surface area contributed by atoms with Crippen LogP contribution in [-0.4, -0.2) is 90.5 Å². The Hall–Kier alpha value is -4.90. The third-order valence-corrected chi connectivity index (χ3v) is 10.2. The lowest BCUT2D eigenvalue weighted by Gasteiger charge is -2.37. The Labute approximate surface area is 316 Å². The first-order valence-corrected chi connectivity index (χ1v) is 19.4. The van der Waals surface area contributed by atoms with E-state index in [-0.39, 0.29) is 38.2 Å². The quantitative estimate of drug-likeness (QED) is 0.165. The summed E-state index contributed by atoms with van der Waals surface area (Å²) in [5.41, 5.74) is 2.32. The molecule has 292 valence electrons. The Kier molecular flexibility index (Phi) is 10.9. The van der Waals surface area contributed by atoms with Gasteiger partial charge in [-0.25, -0.2) is 32.7 Å². The van der Waals surface area contributed by atoms with Crippen molar-refractivity contribution in [3.8, 4) is 11.4 Å². The van der Waals surface area contributed by atoms with Gasteiger partial charge in [0.25, 0.3) is 0 Å². The van der Waals surface area contributed by atoms with Gasteiger partial charge in [-0.05, 0) is 66.1 Å². The average Bonchev–Trinajstić information content (AvgIpc) is 3.92. The van der Waals surface area contributed by atoms with Crippen LogP contribution in [0.25, 0.3) is 5.69 Å². The molecule has 0 spiro atoms. The summed E-state index contributed by atoms with van der Waals surface area (Å²) in [6, 6.07) is 21.6. The minimum Gasteiger partial charge on any atom is -0.491 e. The van der Waals surface area contributed by atoms with Crippen LogP contribution in [0.1, 0.15) is 26.3 Å². The third-order valence-electron chi connectivity index (χ3n) is 9.69. The van der Waals surface area contributed by atoms with Gasteiger partial charge in [0.2, 0.25) is 5.79 Å². The first kappa shape index (κ1) is 38.4. The highest BCUT2D eigenvalue weighted by Gasteiger charge is 2.44. The van der Waals surface area contributed by atoms with E-state index < -0.39 is 30.8 Å². The van der Waals surface area contributed by atoms with E-state index in [0.29, 0.717) is 17.0 Å². The Morgan fingerprint density at radius 1 is 0.909 bits per heavy atom. The number of hydrogen-bond acceptors (Lipinski definition) is 11. The number of nitrogens with zero attached hydrogens (tertiary/aromatic N) is 8. The summed E-state index contributed by atoms with van der Waals surface area (Å²) in [6.07, 6.45) is 3.10. The molecule has 3 aromatic carbocycles. The number of phosphoric ester groups is 1. The molecule has 1 unspecified atom stereocenters. The van der Waals surface area contributed by atoms with Crippen molar-refractivity contribution in [1.82, 2.24) is 29.1 Å². The van der Waals surface area contributed by atoms with Crippen LogP contribution in [0, 0.1) is 11.2 Å². The number of benzene rings is 3. The normalized spacial score (nSPS) is 19.9. The van der Waals surface area contributed by atoms with Crippen LogP contribution >= 0.6 is 7.82 Å². The number of piperazine rings is 1. The molecule has 4 heterocycles. The third kappa shape index (κ3) is 9.15. The van der Waals surface area contributed by atoms with E-state index in [9.17, 15) is 23.5 Å². The molecule has 16 nitrogen and oxygen atoms in total. The second-order valence-corrected chi connectivity index (χ2v) is 15.8. The lowest BCUT2D eigenvalue weighted by atomic mass is 9.89. The summed E-state index contributed by atoms with van der Waals surface area (Å²) in [6.45, 7) is 9.23. The fourth-order valence-electron chi connectivity index (χ4n) is 6.62. The summed E-state index contributed by atoms with van der Waals surface area (Å²) in [5, 5.41) is 8.36. The maximum absolute atomic E-state index is 13.7. The minimum absolute atomic E-state index is 0.115. The predicted octanol–water partition coefficient (Wildman–Crippen LogP) is 3.96. The molecule has 2 aromatic heterocycles. The fraction of sp³-hybridized carbons (Fsp3) is 0.405. The van der Waals surface area contributed by atoms with Crippen LogP contribution in [-0.2, 0) is 37.4 Å². The summed E-state index contributed by atoms with van der Waals surface area (Å²) >= 11 is 0. The predicted molar refractivity (Wildman–Crippen MR) is 199 cm³/mol. The molecule has 0 aliphatic carbocycles. The topological polar surface area (TPSA) is 171 Å². The summed E-state index contributed by atoms with van der Waals surface area (Å²) < 4.78 is 53.0. The number of halogens is 1. The standard InChI is InChI=1S/C37H44FN8O8P/c1-36(2,3)34(54-55(48,49)50)20-46-35(47)45(26-41-46)31-10-8-29(9-11-31)42-16-18-43(19-17-42)30-12-14-32(15-13-30)51-21-33-22-52-37(53-33,23-44-25-39-24-40-44)27-4-6-28(38)7-5-27/h4-15,24-26,33-34H,16-23H2,1-3H3,(H2,48,49,50)/t33-,34?,37-/m1/s1. The molecule has 7 rings (SSSR count). The van der Waals surface area contributed by atoms with Gasteiger partial charge in [0.05, 0.1) is 24.9 Å². The Morgan fingerprint density at radius 2 is 1.53 bits per heavy atom. The number of phosphoric acid groups is 1. The Bertz CT molecular complexity index is 2130. The Morgan fingerprint density at radius 3 is 2.11 bits per heavy atom. The van der Waals surface area contributed by atoms with Gasteiger partial charge >= 0.3 is 13.5 Å². The SMILES string of the molecule is CC(C)(C)C(Cn1ncn(-c2ccc(N3CCN(c4ccc(OC[C@@H]5CO[C@@](Cn6cncn6)(c6ccc(F)cc6)O5)cc4)CC3)cc2)c1=O)OP(=O)(O)O. The maximum atomic E-state index is 13.7. The highest BCUT2D eigenvalue weighted by Crippen LogP contribution is 2.42. The van der Waals surface area contributed by atoms with E-state index in [1.807, 2.05) is 48.5 Å². The van der Waals surface area contributed by atoms with E-state index in [0.717, 1.165) is 42.2 Å². The summed E-state index contributed by atoms with van der Waals surface area (Å²) in [7, 11) is -4.77. The van der Waals surface area contributed by atoms with E-state index in [4.69, 9.17) is 18.7 Å². The van der Waals surface area contributed by atoms with Gasteiger partial charge < -0.3 is 33.8 Å². The lowest BCUT2D eigenvalue weighted by Crippen LogP contribution is -2.46. The van der Waals surface area contributed by atoms with Gasteiger partial charge in [-0.3, -0.25) is 4.52 Å². The van der Waals surface area contributed by atoms with Crippen molar-refractivity contribution in [2.24, 2.45) is 5.41 Å². The molecular weight excluding hydrogens is 734 g/mol. The zero-order chi connectivity index (χ0) is 38.8. The molecule has 5 aromatic rings. The van der Waals surface area contributed by atoms with E-state index >= 15 is 0 Å². The summed E-state index contributed by atoms with van der Waals surface area (Å²) in [5.74, 6) is -0.797. The van der Waals surface area contributed by atoms with Gasteiger partial charge in [-0.15, -0.1) is 0 Å². The molecule has 3 atom stereocenters. The van der Waals surface area contributed by atoms with Crippen molar-refractivity contribution in [2.75, 3.05) is 49.2 Å². The maximum Gasteiger partial charge on any atom is 0.469 e. The van der Waals surface area contributed by atoms with Crippen molar-refractivity contribution in [3.63, 3.8) is 0 Å². The van der Waals surface area contributed by atoms with Crippen molar-refractivity contribution in [2.45, 2.75) is 51.9 Å². The number of anilines is 2. The molecule has 0 radical (unpaired) electrons. The van der Waals surface area contributed by atoms with Crippen molar-refractivity contribution in [1.29, 1.82) is 0 Å². The average molecular weight is 779 g/mol.